The maximum absolute atomic E-state index is 13.1. The summed E-state index contributed by atoms with van der Waals surface area (Å²) in [5.74, 6) is 0.465. The first-order chi connectivity index (χ1) is 13.9. The quantitative estimate of drug-likeness (QED) is 0.701. The summed E-state index contributed by atoms with van der Waals surface area (Å²) in [6, 6.07) is 14.1. The summed E-state index contributed by atoms with van der Waals surface area (Å²) >= 11 is 0. The second-order valence-corrected chi connectivity index (χ2v) is 6.97. The lowest BCUT2D eigenvalue weighted by Gasteiger charge is -2.29. The van der Waals surface area contributed by atoms with Crippen LogP contribution in [0.5, 0.6) is 5.75 Å². The Kier molecular flexibility index (Phi) is 6.07. The number of urea groups is 1. The van der Waals surface area contributed by atoms with Crippen molar-refractivity contribution in [1.29, 1.82) is 0 Å². The Balaban J connectivity index is 1.85. The van der Waals surface area contributed by atoms with Gasteiger partial charge < -0.3 is 25.6 Å². The van der Waals surface area contributed by atoms with Crippen molar-refractivity contribution in [1.82, 2.24) is 10.6 Å². The Hall–Kier alpha value is -3.48. The van der Waals surface area contributed by atoms with E-state index in [9.17, 15) is 9.59 Å². The van der Waals surface area contributed by atoms with E-state index in [2.05, 4.69) is 16.0 Å². The first-order valence-electron chi connectivity index (χ1n) is 9.48. The van der Waals surface area contributed by atoms with Crippen LogP contribution >= 0.6 is 0 Å². The van der Waals surface area contributed by atoms with Crippen molar-refractivity contribution in [2.24, 2.45) is 0 Å². The van der Waals surface area contributed by atoms with Crippen LogP contribution in [-0.2, 0) is 4.79 Å². The molecule has 0 fully saturated rings. The lowest BCUT2D eigenvalue weighted by atomic mass is 9.94. The third-order valence-electron chi connectivity index (χ3n) is 4.68. The first-order valence-corrected chi connectivity index (χ1v) is 9.48. The molecule has 0 saturated heterocycles. The van der Waals surface area contributed by atoms with Gasteiger partial charge in [-0.1, -0.05) is 12.1 Å². The van der Waals surface area contributed by atoms with E-state index in [0.717, 1.165) is 17.0 Å². The molecule has 0 bridgehead atoms. The van der Waals surface area contributed by atoms with Crippen molar-refractivity contribution < 1.29 is 14.3 Å². The van der Waals surface area contributed by atoms with Crippen LogP contribution in [0.2, 0.25) is 0 Å². The van der Waals surface area contributed by atoms with Gasteiger partial charge in [0.1, 0.15) is 5.75 Å². The van der Waals surface area contributed by atoms with Gasteiger partial charge in [-0.3, -0.25) is 4.79 Å². The summed E-state index contributed by atoms with van der Waals surface area (Å²) in [7, 11) is 3.92. The lowest BCUT2D eigenvalue weighted by Crippen LogP contribution is -2.45. The molecule has 7 heteroatoms. The number of hydrogen-bond donors (Lipinski definition) is 3. The minimum atomic E-state index is -0.539. The minimum Gasteiger partial charge on any atom is -0.494 e. The van der Waals surface area contributed by atoms with E-state index in [1.54, 1.807) is 31.2 Å². The SMILES string of the molecule is CCOc1ccc(NC(=O)C2=C(C)NC(=O)N[C@@H]2c2ccc(N(C)C)cc2)cc1. The van der Waals surface area contributed by atoms with E-state index in [0.29, 0.717) is 23.6 Å². The number of anilines is 2. The summed E-state index contributed by atoms with van der Waals surface area (Å²) in [5, 5.41) is 8.45. The summed E-state index contributed by atoms with van der Waals surface area (Å²) in [6.45, 7) is 4.23. The highest BCUT2D eigenvalue weighted by molar-refractivity contribution is 6.06. The number of carbonyl (C=O) groups excluding carboxylic acids is 2. The number of ether oxygens (including phenoxy) is 1. The molecule has 152 valence electrons. The Bertz CT molecular complexity index is 918. The first kappa shape index (κ1) is 20.3. The van der Waals surface area contributed by atoms with Crippen LogP contribution in [0.25, 0.3) is 0 Å². The summed E-state index contributed by atoms with van der Waals surface area (Å²) in [6.07, 6.45) is 0. The van der Waals surface area contributed by atoms with Crippen LogP contribution in [0.4, 0.5) is 16.2 Å². The van der Waals surface area contributed by atoms with Gasteiger partial charge in [0, 0.05) is 31.2 Å². The van der Waals surface area contributed by atoms with Crippen molar-refractivity contribution in [2.75, 3.05) is 30.9 Å². The molecule has 0 radical (unpaired) electrons. The predicted octanol–water partition coefficient (Wildman–Crippen LogP) is 3.42. The van der Waals surface area contributed by atoms with E-state index in [1.165, 1.54) is 0 Å². The van der Waals surface area contributed by atoms with Crippen LogP contribution in [0, 0.1) is 0 Å². The Morgan fingerprint density at radius 3 is 2.34 bits per heavy atom. The van der Waals surface area contributed by atoms with Gasteiger partial charge in [-0.2, -0.15) is 0 Å². The van der Waals surface area contributed by atoms with Gasteiger partial charge in [0.05, 0.1) is 18.2 Å². The average Bonchev–Trinajstić information content (AvgIpc) is 2.69. The summed E-state index contributed by atoms with van der Waals surface area (Å²) in [5.41, 5.74) is 3.52. The number of nitrogens with zero attached hydrogens (tertiary/aromatic N) is 1. The molecule has 3 amide bonds. The molecule has 7 nitrogen and oxygen atoms in total. The zero-order valence-electron chi connectivity index (χ0n) is 17.1. The van der Waals surface area contributed by atoms with Crippen molar-refractivity contribution in [2.45, 2.75) is 19.9 Å². The van der Waals surface area contributed by atoms with Gasteiger partial charge in [0.15, 0.2) is 0 Å². The molecule has 0 aromatic heterocycles. The largest absolute Gasteiger partial charge is 0.494 e. The van der Waals surface area contributed by atoms with E-state index < -0.39 is 6.04 Å². The Morgan fingerprint density at radius 2 is 1.76 bits per heavy atom. The van der Waals surface area contributed by atoms with Crippen LogP contribution in [0.15, 0.2) is 59.8 Å². The number of carbonyl (C=O) groups is 2. The third kappa shape index (κ3) is 4.68. The normalized spacial score (nSPS) is 16.0. The van der Waals surface area contributed by atoms with Crippen molar-refractivity contribution in [3.63, 3.8) is 0 Å². The molecular formula is C22H26N4O3. The summed E-state index contributed by atoms with van der Waals surface area (Å²) in [4.78, 5) is 27.1. The van der Waals surface area contributed by atoms with Crippen LogP contribution in [0.1, 0.15) is 25.5 Å². The standard InChI is InChI=1S/C22H26N4O3/c1-5-29-18-12-8-16(9-13-18)24-21(27)19-14(2)23-22(28)25-20(19)15-6-10-17(11-7-15)26(3)4/h6-13,20H,5H2,1-4H3,(H,24,27)(H2,23,25,28)/t20-/m1/s1. The van der Waals surface area contributed by atoms with Gasteiger partial charge in [0.25, 0.3) is 5.91 Å². The lowest BCUT2D eigenvalue weighted by molar-refractivity contribution is -0.113. The van der Waals surface area contributed by atoms with Crippen LogP contribution in [-0.4, -0.2) is 32.6 Å². The van der Waals surface area contributed by atoms with Gasteiger partial charge in [0.2, 0.25) is 0 Å². The zero-order valence-corrected chi connectivity index (χ0v) is 17.1. The molecular weight excluding hydrogens is 368 g/mol. The topological polar surface area (TPSA) is 82.7 Å². The molecule has 2 aromatic carbocycles. The number of nitrogens with one attached hydrogen (secondary N) is 3. The fourth-order valence-corrected chi connectivity index (χ4v) is 3.21. The van der Waals surface area contributed by atoms with Gasteiger partial charge >= 0.3 is 6.03 Å². The number of benzene rings is 2. The molecule has 1 heterocycles. The molecule has 1 atom stereocenters. The number of rotatable bonds is 6. The highest BCUT2D eigenvalue weighted by Gasteiger charge is 2.31. The van der Waals surface area contributed by atoms with E-state index in [1.807, 2.05) is 50.2 Å². The molecule has 2 aromatic rings. The molecule has 0 saturated carbocycles. The number of allylic oxidation sites excluding steroid dienone is 1. The predicted molar refractivity (Wildman–Crippen MR) is 114 cm³/mol. The van der Waals surface area contributed by atoms with Crippen LogP contribution < -0.4 is 25.6 Å². The molecule has 3 rings (SSSR count). The fourth-order valence-electron chi connectivity index (χ4n) is 3.21. The van der Waals surface area contributed by atoms with Gasteiger partial charge in [-0.25, -0.2) is 4.79 Å². The molecule has 0 unspecified atom stereocenters. The van der Waals surface area contributed by atoms with E-state index in [-0.39, 0.29) is 11.9 Å². The summed E-state index contributed by atoms with van der Waals surface area (Å²) < 4.78 is 5.43. The van der Waals surface area contributed by atoms with E-state index in [4.69, 9.17) is 4.74 Å². The molecule has 1 aliphatic rings. The van der Waals surface area contributed by atoms with E-state index >= 15 is 0 Å². The molecule has 0 aliphatic carbocycles. The third-order valence-corrected chi connectivity index (χ3v) is 4.68. The smallest absolute Gasteiger partial charge is 0.319 e. The second kappa shape index (κ2) is 8.68. The maximum Gasteiger partial charge on any atom is 0.319 e. The highest BCUT2D eigenvalue weighted by Crippen LogP contribution is 2.29. The molecule has 0 spiro atoms. The average molecular weight is 394 g/mol. The zero-order chi connectivity index (χ0) is 21.0. The van der Waals surface area contributed by atoms with Gasteiger partial charge in [-0.05, 0) is 55.8 Å². The van der Waals surface area contributed by atoms with Crippen molar-refractivity contribution in [3.05, 3.63) is 65.4 Å². The Morgan fingerprint density at radius 1 is 1.10 bits per heavy atom. The molecule has 29 heavy (non-hydrogen) atoms. The molecule has 1 aliphatic heterocycles. The number of hydrogen-bond acceptors (Lipinski definition) is 4. The van der Waals surface area contributed by atoms with Gasteiger partial charge in [-0.15, -0.1) is 0 Å². The van der Waals surface area contributed by atoms with Crippen LogP contribution in [0.3, 0.4) is 0 Å². The highest BCUT2D eigenvalue weighted by atomic mass is 16.5. The monoisotopic (exact) mass is 394 g/mol. The second-order valence-electron chi connectivity index (χ2n) is 6.97. The fraction of sp³-hybridized carbons (Fsp3) is 0.273. The van der Waals surface area contributed by atoms with Crippen molar-refractivity contribution in [3.8, 4) is 5.75 Å². The number of amides is 3. The van der Waals surface area contributed by atoms with Crippen molar-refractivity contribution >= 4 is 23.3 Å². The maximum atomic E-state index is 13.1. The molecule has 3 N–H and O–H groups in total. The Labute approximate surface area is 170 Å². The minimum absolute atomic E-state index is 0.277.